The minimum absolute atomic E-state index is 0.222. The quantitative estimate of drug-likeness (QED) is 0.828. The Bertz CT molecular complexity index is 624. The molecule has 0 unspecified atom stereocenters. The first-order valence-corrected chi connectivity index (χ1v) is 7.08. The van der Waals surface area contributed by atoms with Crippen molar-refractivity contribution in [2.75, 3.05) is 11.4 Å². The van der Waals surface area contributed by atoms with Crippen LogP contribution >= 0.6 is 23.8 Å². The highest BCUT2D eigenvalue weighted by Gasteiger charge is 2.14. The van der Waals surface area contributed by atoms with Crippen molar-refractivity contribution in [3.63, 3.8) is 0 Å². The maximum Gasteiger partial charge on any atom is 0.167 e. The first-order valence-electron chi connectivity index (χ1n) is 6.29. The van der Waals surface area contributed by atoms with Gasteiger partial charge in [0.15, 0.2) is 11.6 Å². The SMILES string of the molecule is NC(=S)CCN(Cc1cccnc1)c1ncc(Cl)cc1F. The summed E-state index contributed by atoms with van der Waals surface area (Å²) in [4.78, 5) is 10.3. The van der Waals surface area contributed by atoms with Gasteiger partial charge in [0.05, 0.1) is 10.0 Å². The number of nitrogens with zero attached hydrogens (tertiary/aromatic N) is 3. The van der Waals surface area contributed by atoms with E-state index < -0.39 is 5.82 Å². The van der Waals surface area contributed by atoms with Crippen LogP contribution in [0.5, 0.6) is 0 Å². The largest absolute Gasteiger partial charge is 0.393 e. The molecule has 0 aliphatic carbocycles. The van der Waals surface area contributed by atoms with Crippen LogP contribution in [0.1, 0.15) is 12.0 Å². The third-order valence-corrected chi connectivity index (χ3v) is 3.22. The highest BCUT2D eigenvalue weighted by atomic mass is 35.5. The Balaban J connectivity index is 2.24. The van der Waals surface area contributed by atoms with Crippen LogP contribution in [0.15, 0.2) is 36.8 Å². The van der Waals surface area contributed by atoms with Crippen LogP contribution in [0.4, 0.5) is 10.2 Å². The summed E-state index contributed by atoms with van der Waals surface area (Å²) < 4.78 is 14.1. The second-order valence-electron chi connectivity index (χ2n) is 4.46. The van der Waals surface area contributed by atoms with E-state index in [2.05, 4.69) is 9.97 Å². The molecular weight excluding hydrogens is 311 g/mol. The molecule has 110 valence electrons. The summed E-state index contributed by atoms with van der Waals surface area (Å²) >= 11 is 10.6. The molecule has 0 saturated carbocycles. The number of rotatable bonds is 6. The summed E-state index contributed by atoms with van der Waals surface area (Å²) in [7, 11) is 0. The number of anilines is 1. The van der Waals surface area contributed by atoms with Crippen LogP contribution in [-0.4, -0.2) is 21.5 Å². The van der Waals surface area contributed by atoms with E-state index in [9.17, 15) is 4.39 Å². The van der Waals surface area contributed by atoms with E-state index in [1.54, 1.807) is 17.3 Å². The maximum absolute atomic E-state index is 14.1. The van der Waals surface area contributed by atoms with Gasteiger partial charge in [0.1, 0.15) is 0 Å². The lowest BCUT2D eigenvalue weighted by Gasteiger charge is -2.24. The molecule has 0 aliphatic rings. The number of aromatic nitrogens is 2. The van der Waals surface area contributed by atoms with Gasteiger partial charge in [-0.3, -0.25) is 4.98 Å². The number of pyridine rings is 2. The van der Waals surface area contributed by atoms with Crippen LogP contribution < -0.4 is 10.6 Å². The monoisotopic (exact) mass is 324 g/mol. The Hall–Kier alpha value is -1.79. The Labute approximate surface area is 132 Å². The molecule has 0 radical (unpaired) electrons. The van der Waals surface area contributed by atoms with Gasteiger partial charge in [0.25, 0.3) is 0 Å². The van der Waals surface area contributed by atoms with E-state index in [4.69, 9.17) is 29.6 Å². The van der Waals surface area contributed by atoms with Gasteiger partial charge in [-0.05, 0) is 17.7 Å². The van der Waals surface area contributed by atoms with Crippen LogP contribution in [-0.2, 0) is 6.54 Å². The second-order valence-corrected chi connectivity index (χ2v) is 5.42. The van der Waals surface area contributed by atoms with E-state index in [0.717, 1.165) is 5.56 Å². The first kappa shape index (κ1) is 15.6. The minimum atomic E-state index is -0.477. The number of halogens is 2. The predicted molar refractivity (Wildman–Crippen MR) is 85.9 cm³/mol. The lowest BCUT2D eigenvalue weighted by atomic mass is 10.2. The Kier molecular flexibility index (Phi) is 5.41. The highest BCUT2D eigenvalue weighted by Crippen LogP contribution is 2.21. The van der Waals surface area contributed by atoms with Crippen molar-refractivity contribution in [2.24, 2.45) is 5.73 Å². The van der Waals surface area contributed by atoms with E-state index in [0.29, 0.717) is 24.5 Å². The number of thiocarbonyl (C=S) groups is 1. The van der Waals surface area contributed by atoms with Gasteiger partial charge in [-0.1, -0.05) is 29.9 Å². The molecule has 2 N–H and O–H groups in total. The molecule has 7 heteroatoms. The van der Waals surface area contributed by atoms with Crippen molar-refractivity contribution in [1.82, 2.24) is 9.97 Å². The van der Waals surface area contributed by atoms with Crippen molar-refractivity contribution in [3.8, 4) is 0 Å². The lowest BCUT2D eigenvalue weighted by Crippen LogP contribution is -2.28. The fraction of sp³-hybridized carbons (Fsp3) is 0.214. The van der Waals surface area contributed by atoms with Gasteiger partial charge in [0, 0.05) is 38.1 Å². The molecule has 2 aromatic rings. The normalized spacial score (nSPS) is 10.4. The van der Waals surface area contributed by atoms with Crippen molar-refractivity contribution < 1.29 is 4.39 Å². The summed E-state index contributed by atoms with van der Waals surface area (Å²) in [6.07, 6.45) is 5.29. The maximum atomic E-state index is 14.1. The lowest BCUT2D eigenvalue weighted by molar-refractivity contribution is 0.608. The van der Waals surface area contributed by atoms with E-state index >= 15 is 0 Å². The zero-order chi connectivity index (χ0) is 15.2. The molecule has 0 spiro atoms. The molecule has 21 heavy (non-hydrogen) atoms. The summed E-state index contributed by atoms with van der Waals surface area (Å²) in [5.41, 5.74) is 6.47. The molecule has 2 heterocycles. The molecule has 2 rings (SSSR count). The minimum Gasteiger partial charge on any atom is -0.393 e. The summed E-state index contributed by atoms with van der Waals surface area (Å²) in [5, 5.41) is 0.256. The standard InChI is InChI=1S/C14H14ClFN4S/c15-11-6-12(16)14(19-8-11)20(5-3-13(17)21)9-10-2-1-4-18-7-10/h1-2,4,6-8H,3,5,9H2,(H2,17,21). The van der Waals surface area contributed by atoms with E-state index in [1.807, 2.05) is 12.1 Å². The zero-order valence-electron chi connectivity index (χ0n) is 11.2. The van der Waals surface area contributed by atoms with Crippen LogP contribution in [0, 0.1) is 5.82 Å². The Morgan fingerprint density at radius 2 is 2.24 bits per heavy atom. The Morgan fingerprint density at radius 1 is 1.43 bits per heavy atom. The summed E-state index contributed by atoms with van der Waals surface area (Å²) in [5.74, 6) is -0.256. The average Bonchev–Trinajstić information content (AvgIpc) is 2.45. The molecule has 0 bridgehead atoms. The van der Waals surface area contributed by atoms with Crippen LogP contribution in [0.2, 0.25) is 5.02 Å². The summed E-state index contributed by atoms with van der Waals surface area (Å²) in [6.45, 7) is 0.928. The predicted octanol–water partition coefficient (Wildman–Crippen LogP) is 2.95. The topological polar surface area (TPSA) is 55.0 Å². The van der Waals surface area contributed by atoms with Crippen LogP contribution in [0.25, 0.3) is 0 Å². The highest BCUT2D eigenvalue weighted by molar-refractivity contribution is 7.80. The third-order valence-electron chi connectivity index (χ3n) is 2.81. The second kappa shape index (κ2) is 7.28. The van der Waals surface area contributed by atoms with Crippen molar-refractivity contribution in [3.05, 3.63) is 53.2 Å². The van der Waals surface area contributed by atoms with Crippen molar-refractivity contribution in [2.45, 2.75) is 13.0 Å². The van der Waals surface area contributed by atoms with E-state index in [1.165, 1.54) is 12.3 Å². The van der Waals surface area contributed by atoms with Crippen molar-refractivity contribution in [1.29, 1.82) is 0 Å². The van der Waals surface area contributed by atoms with Crippen LogP contribution in [0.3, 0.4) is 0 Å². The molecule has 0 aliphatic heterocycles. The van der Waals surface area contributed by atoms with Gasteiger partial charge in [0.2, 0.25) is 0 Å². The fourth-order valence-corrected chi connectivity index (χ4v) is 2.09. The van der Waals surface area contributed by atoms with Gasteiger partial charge < -0.3 is 10.6 Å². The zero-order valence-corrected chi connectivity index (χ0v) is 12.7. The molecule has 0 atom stereocenters. The first-order chi connectivity index (χ1) is 10.1. The van der Waals surface area contributed by atoms with E-state index in [-0.39, 0.29) is 10.8 Å². The smallest absolute Gasteiger partial charge is 0.167 e. The molecule has 4 nitrogen and oxygen atoms in total. The number of nitrogens with two attached hydrogens (primary N) is 1. The fourth-order valence-electron chi connectivity index (χ4n) is 1.86. The van der Waals surface area contributed by atoms with Gasteiger partial charge in [-0.15, -0.1) is 0 Å². The van der Waals surface area contributed by atoms with Crippen molar-refractivity contribution >= 4 is 34.6 Å². The molecule has 0 saturated heterocycles. The average molecular weight is 325 g/mol. The van der Waals surface area contributed by atoms with Gasteiger partial charge in [-0.2, -0.15) is 0 Å². The molecule has 0 amide bonds. The molecule has 0 aromatic carbocycles. The Morgan fingerprint density at radius 3 is 2.86 bits per heavy atom. The molecule has 2 aromatic heterocycles. The number of hydrogen-bond acceptors (Lipinski definition) is 4. The summed E-state index contributed by atoms with van der Waals surface area (Å²) in [6, 6.07) is 4.97. The molecule has 0 fully saturated rings. The number of hydrogen-bond donors (Lipinski definition) is 1. The van der Waals surface area contributed by atoms with Gasteiger partial charge in [-0.25, -0.2) is 9.37 Å². The molecular formula is C14H14ClFN4S. The van der Waals surface area contributed by atoms with Gasteiger partial charge >= 0.3 is 0 Å². The third kappa shape index (κ3) is 4.61.